The predicted molar refractivity (Wildman–Crippen MR) is 120 cm³/mol. The molecule has 0 radical (unpaired) electrons. The molecule has 164 valence electrons. The van der Waals surface area contributed by atoms with E-state index >= 15 is 0 Å². The average Bonchev–Trinajstić information content (AvgIpc) is 3.35. The highest BCUT2D eigenvalue weighted by Crippen LogP contribution is 2.29. The Morgan fingerprint density at radius 3 is 2.41 bits per heavy atom. The molecule has 0 unspecified atom stereocenters. The van der Waals surface area contributed by atoms with Gasteiger partial charge in [0.05, 0.1) is 26.1 Å². The highest BCUT2D eigenvalue weighted by Gasteiger charge is 2.16. The molecule has 0 atom stereocenters. The fourth-order valence-electron chi connectivity index (χ4n) is 2.54. The van der Waals surface area contributed by atoms with Crippen molar-refractivity contribution in [1.82, 2.24) is 5.43 Å². The number of rotatable bonds is 7. The zero-order valence-corrected chi connectivity index (χ0v) is 18.0. The van der Waals surface area contributed by atoms with Gasteiger partial charge in [0.2, 0.25) is 0 Å². The van der Waals surface area contributed by atoms with Crippen LogP contribution in [0.25, 0.3) is 0 Å². The largest absolute Gasteiger partial charge is 0.495 e. The van der Waals surface area contributed by atoms with Crippen molar-refractivity contribution >= 4 is 41.0 Å². The summed E-state index contributed by atoms with van der Waals surface area (Å²) in [7, 11) is 2.89. The molecule has 1 aromatic heterocycles. The third-order valence-corrected chi connectivity index (χ3v) is 4.90. The molecule has 0 bridgehead atoms. The SMILES string of the molecule is COc1ccccc1NC(=O)C(=O)NN=Cc1ccc(OC(=O)c2cccs2)c(OC)c1. The molecular formula is C22H19N3O6S. The molecule has 3 rings (SSSR count). The molecule has 0 fully saturated rings. The van der Waals surface area contributed by atoms with Crippen molar-refractivity contribution in [3.8, 4) is 17.2 Å². The van der Waals surface area contributed by atoms with Crippen LogP contribution in [-0.4, -0.2) is 38.2 Å². The molecule has 0 saturated carbocycles. The number of hydrogen-bond acceptors (Lipinski definition) is 8. The molecule has 0 spiro atoms. The van der Waals surface area contributed by atoms with Crippen LogP contribution in [0.5, 0.6) is 17.2 Å². The molecule has 10 heteroatoms. The lowest BCUT2D eigenvalue weighted by Gasteiger charge is -2.09. The molecule has 1 heterocycles. The van der Waals surface area contributed by atoms with E-state index in [-0.39, 0.29) is 5.75 Å². The van der Waals surface area contributed by atoms with Gasteiger partial charge in [0, 0.05) is 0 Å². The zero-order chi connectivity index (χ0) is 22.9. The second kappa shape index (κ2) is 10.7. The number of nitrogens with one attached hydrogen (secondary N) is 2. The van der Waals surface area contributed by atoms with Gasteiger partial charge in [-0.1, -0.05) is 18.2 Å². The van der Waals surface area contributed by atoms with E-state index in [4.69, 9.17) is 14.2 Å². The molecule has 2 amide bonds. The summed E-state index contributed by atoms with van der Waals surface area (Å²) >= 11 is 1.27. The normalized spacial score (nSPS) is 10.4. The van der Waals surface area contributed by atoms with Gasteiger partial charge < -0.3 is 19.5 Å². The first-order chi connectivity index (χ1) is 15.5. The highest BCUT2D eigenvalue weighted by atomic mass is 32.1. The molecular weight excluding hydrogens is 434 g/mol. The Morgan fingerprint density at radius 1 is 0.906 bits per heavy atom. The number of ether oxygens (including phenoxy) is 3. The van der Waals surface area contributed by atoms with Crippen LogP contribution in [0.3, 0.4) is 0 Å². The average molecular weight is 453 g/mol. The van der Waals surface area contributed by atoms with Gasteiger partial charge >= 0.3 is 17.8 Å². The minimum absolute atomic E-state index is 0.239. The maximum atomic E-state index is 12.1. The zero-order valence-electron chi connectivity index (χ0n) is 17.2. The van der Waals surface area contributed by atoms with E-state index in [9.17, 15) is 14.4 Å². The van der Waals surface area contributed by atoms with Gasteiger partial charge in [-0.05, 0) is 47.3 Å². The number of carbonyl (C=O) groups is 3. The first-order valence-electron chi connectivity index (χ1n) is 9.23. The van der Waals surface area contributed by atoms with Crippen LogP contribution in [0, 0.1) is 0 Å². The third-order valence-electron chi connectivity index (χ3n) is 4.05. The van der Waals surface area contributed by atoms with E-state index in [0.29, 0.717) is 27.6 Å². The Bertz CT molecular complexity index is 1140. The molecule has 9 nitrogen and oxygen atoms in total. The van der Waals surface area contributed by atoms with Gasteiger partial charge in [-0.3, -0.25) is 9.59 Å². The van der Waals surface area contributed by atoms with Gasteiger partial charge in [-0.25, -0.2) is 10.2 Å². The summed E-state index contributed by atoms with van der Waals surface area (Å²) in [6.07, 6.45) is 1.32. The molecule has 3 aromatic rings. The number of nitrogens with zero attached hydrogens (tertiary/aromatic N) is 1. The number of carbonyl (C=O) groups excluding carboxylic acids is 3. The van der Waals surface area contributed by atoms with E-state index in [1.807, 2.05) is 0 Å². The molecule has 2 N–H and O–H groups in total. The summed E-state index contributed by atoms with van der Waals surface area (Å²) in [5, 5.41) is 8.00. The van der Waals surface area contributed by atoms with Crippen LogP contribution < -0.4 is 25.0 Å². The van der Waals surface area contributed by atoms with E-state index < -0.39 is 17.8 Å². The number of benzene rings is 2. The van der Waals surface area contributed by atoms with Crippen LogP contribution >= 0.6 is 11.3 Å². The molecule has 0 aliphatic heterocycles. The van der Waals surface area contributed by atoms with Crippen molar-refractivity contribution in [2.24, 2.45) is 5.10 Å². The number of esters is 1. The molecule has 32 heavy (non-hydrogen) atoms. The van der Waals surface area contributed by atoms with Crippen LogP contribution in [0.4, 0.5) is 5.69 Å². The topological polar surface area (TPSA) is 115 Å². The van der Waals surface area contributed by atoms with Gasteiger partial charge in [0.1, 0.15) is 10.6 Å². The van der Waals surface area contributed by atoms with Gasteiger partial charge in [-0.15, -0.1) is 11.3 Å². The van der Waals surface area contributed by atoms with Crippen molar-refractivity contribution in [2.45, 2.75) is 0 Å². The third kappa shape index (κ3) is 5.70. The number of hydrazone groups is 1. The summed E-state index contributed by atoms with van der Waals surface area (Å²) in [6, 6.07) is 14.8. The predicted octanol–water partition coefficient (Wildman–Crippen LogP) is 3.07. The Labute approximate surface area is 187 Å². The van der Waals surface area contributed by atoms with Crippen LogP contribution in [0.15, 0.2) is 65.1 Å². The summed E-state index contributed by atoms with van der Waals surface area (Å²) < 4.78 is 15.7. The van der Waals surface area contributed by atoms with Crippen molar-refractivity contribution in [3.63, 3.8) is 0 Å². The number of para-hydroxylation sites is 2. The van der Waals surface area contributed by atoms with Crippen molar-refractivity contribution in [1.29, 1.82) is 0 Å². The lowest BCUT2D eigenvalue weighted by molar-refractivity contribution is -0.136. The quantitative estimate of drug-likeness (QED) is 0.187. The second-order valence-electron chi connectivity index (χ2n) is 6.13. The lowest BCUT2D eigenvalue weighted by Crippen LogP contribution is -2.32. The van der Waals surface area contributed by atoms with Crippen molar-refractivity contribution in [3.05, 3.63) is 70.4 Å². The highest BCUT2D eigenvalue weighted by molar-refractivity contribution is 7.12. The monoisotopic (exact) mass is 453 g/mol. The summed E-state index contributed by atoms with van der Waals surface area (Å²) in [4.78, 5) is 36.6. The number of hydrogen-bond donors (Lipinski definition) is 2. The van der Waals surface area contributed by atoms with E-state index in [1.165, 1.54) is 31.8 Å². The maximum Gasteiger partial charge on any atom is 0.353 e. The fourth-order valence-corrected chi connectivity index (χ4v) is 3.14. The van der Waals surface area contributed by atoms with Crippen molar-refractivity contribution in [2.75, 3.05) is 19.5 Å². The van der Waals surface area contributed by atoms with Crippen LogP contribution in [-0.2, 0) is 9.59 Å². The van der Waals surface area contributed by atoms with Crippen molar-refractivity contribution < 1.29 is 28.6 Å². The van der Waals surface area contributed by atoms with E-state index in [2.05, 4.69) is 15.8 Å². The van der Waals surface area contributed by atoms with Gasteiger partial charge in [-0.2, -0.15) is 5.10 Å². The van der Waals surface area contributed by atoms with Gasteiger partial charge in [0.25, 0.3) is 0 Å². The number of thiophene rings is 1. The van der Waals surface area contributed by atoms with Crippen LogP contribution in [0.2, 0.25) is 0 Å². The smallest absolute Gasteiger partial charge is 0.353 e. The Hall–Kier alpha value is -4.18. The summed E-state index contributed by atoms with van der Waals surface area (Å²) in [5.74, 6) is -1.39. The second-order valence-corrected chi connectivity index (χ2v) is 7.08. The minimum atomic E-state index is -0.958. The molecule has 0 aliphatic rings. The van der Waals surface area contributed by atoms with E-state index in [0.717, 1.165) is 0 Å². The lowest BCUT2D eigenvalue weighted by atomic mass is 10.2. The molecule has 0 saturated heterocycles. The number of anilines is 1. The Balaban J connectivity index is 1.60. The first kappa shape index (κ1) is 22.5. The van der Waals surface area contributed by atoms with Crippen LogP contribution in [0.1, 0.15) is 15.2 Å². The van der Waals surface area contributed by atoms with Gasteiger partial charge in [0.15, 0.2) is 11.5 Å². The molecule has 0 aliphatic carbocycles. The number of amides is 2. The Morgan fingerprint density at radius 2 is 1.69 bits per heavy atom. The minimum Gasteiger partial charge on any atom is -0.495 e. The fraction of sp³-hybridized carbons (Fsp3) is 0.0909. The number of methoxy groups -OCH3 is 2. The summed E-state index contributed by atoms with van der Waals surface area (Å²) in [6.45, 7) is 0. The Kier molecular flexibility index (Phi) is 7.55. The standard InChI is InChI=1S/C22H19N3O6S/c1-29-16-7-4-3-6-15(16)24-20(26)21(27)25-23-13-14-9-10-17(18(12-14)30-2)31-22(28)19-8-5-11-32-19/h3-13H,1-2H3,(H,24,26)(H,25,27). The maximum absolute atomic E-state index is 12.1. The summed E-state index contributed by atoms with van der Waals surface area (Å²) in [5.41, 5.74) is 3.05. The first-order valence-corrected chi connectivity index (χ1v) is 10.1. The van der Waals surface area contributed by atoms with E-state index in [1.54, 1.807) is 60.0 Å². The molecule has 2 aromatic carbocycles.